The number of amides is 1. The molecule has 0 radical (unpaired) electrons. The highest BCUT2D eigenvalue weighted by atomic mass is 35.5. The maximum absolute atomic E-state index is 11.8. The number of pyridine rings is 1. The number of carbonyl (C=O) groups is 3. The quantitative estimate of drug-likeness (QED) is 0.510. The van der Waals surface area contributed by atoms with Gasteiger partial charge in [0.1, 0.15) is 5.70 Å². The minimum absolute atomic E-state index is 0.0590. The van der Waals surface area contributed by atoms with Gasteiger partial charge in [-0.2, -0.15) is 0 Å². The van der Waals surface area contributed by atoms with Gasteiger partial charge < -0.3 is 10.2 Å². The summed E-state index contributed by atoms with van der Waals surface area (Å²) in [7, 11) is 0. The molecule has 7 nitrogen and oxygen atoms in total. The van der Waals surface area contributed by atoms with Crippen LogP contribution in [0.1, 0.15) is 16.8 Å². The number of carboxylic acid groups (broad SMARTS) is 2. The van der Waals surface area contributed by atoms with Gasteiger partial charge in [0.05, 0.1) is 22.4 Å². The number of thioether (sulfide) groups is 1. The van der Waals surface area contributed by atoms with Crippen LogP contribution < -0.4 is 4.57 Å². The number of halogens is 1. The van der Waals surface area contributed by atoms with E-state index < -0.39 is 11.9 Å². The standard InChI is InChI=1S/C22H17ClN2O5S/c23-17-10-14(3-4-16(17)21(27)28)13-5-8-24(9-6-13)7-1-2-15-12-31-19-11-18(26)25(19)20(15)22(29)30/h1-6,8-10,19H,7,11-12H2,(H-,27,28,29,30)/p+1/b2-1+/t19-/m1/s1. The van der Waals surface area contributed by atoms with E-state index in [1.165, 1.54) is 11.0 Å². The molecular weight excluding hydrogens is 440 g/mol. The van der Waals surface area contributed by atoms with E-state index in [0.717, 1.165) is 11.1 Å². The van der Waals surface area contributed by atoms with E-state index in [1.54, 1.807) is 30.0 Å². The molecular formula is C22H18ClN2O5S+. The van der Waals surface area contributed by atoms with Gasteiger partial charge in [-0.1, -0.05) is 23.7 Å². The SMILES string of the molecule is O=C(O)C1=C(/C=C/C[n+]2ccc(-c3ccc(C(=O)O)c(Cl)c3)cc2)CS[C@@H]2CC(=O)N12. The summed E-state index contributed by atoms with van der Waals surface area (Å²) in [5.41, 5.74) is 2.47. The van der Waals surface area contributed by atoms with Crippen LogP contribution in [-0.4, -0.2) is 44.1 Å². The first-order valence-electron chi connectivity index (χ1n) is 9.44. The summed E-state index contributed by atoms with van der Waals surface area (Å²) in [5, 5.41) is 18.7. The summed E-state index contributed by atoms with van der Waals surface area (Å²) in [6.45, 7) is 0.525. The average Bonchev–Trinajstić information content (AvgIpc) is 2.73. The Morgan fingerprint density at radius 2 is 1.90 bits per heavy atom. The Bertz CT molecular complexity index is 1140. The summed E-state index contributed by atoms with van der Waals surface area (Å²) in [6, 6.07) is 8.59. The number of carboxylic acids is 2. The molecule has 4 rings (SSSR count). The van der Waals surface area contributed by atoms with Gasteiger partial charge in [-0.25, -0.2) is 14.2 Å². The molecule has 1 saturated heterocycles. The predicted octanol–water partition coefficient (Wildman–Crippen LogP) is 3.19. The summed E-state index contributed by atoms with van der Waals surface area (Å²) in [4.78, 5) is 35.9. The molecule has 0 aliphatic carbocycles. The van der Waals surface area contributed by atoms with E-state index in [9.17, 15) is 19.5 Å². The van der Waals surface area contributed by atoms with Crippen molar-refractivity contribution >= 4 is 41.2 Å². The molecule has 2 aliphatic rings. The Hall–Kier alpha value is -3.10. The van der Waals surface area contributed by atoms with Gasteiger partial charge in [-0.3, -0.25) is 9.69 Å². The topological polar surface area (TPSA) is 98.8 Å². The van der Waals surface area contributed by atoms with Crippen LogP contribution in [0.4, 0.5) is 0 Å². The lowest BCUT2D eigenvalue weighted by molar-refractivity contribution is -0.686. The first kappa shape index (κ1) is 21.1. The molecule has 0 spiro atoms. The first-order chi connectivity index (χ1) is 14.8. The number of carbonyl (C=O) groups excluding carboxylic acids is 1. The van der Waals surface area contributed by atoms with Gasteiger partial charge in [-0.15, -0.1) is 11.8 Å². The lowest BCUT2D eigenvalue weighted by Crippen LogP contribution is -2.53. The lowest BCUT2D eigenvalue weighted by Gasteiger charge is -2.43. The van der Waals surface area contributed by atoms with Gasteiger partial charge in [0.2, 0.25) is 5.91 Å². The van der Waals surface area contributed by atoms with Gasteiger partial charge >= 0.3 is 11.9 Å². The number of aromatic carboxylic acids is 1. The number of allylic oxidation sites excluding steroid dienone is 2. The molecule has 1 aromatic heterocycles. The number of fused-ring (bicyclic) bond motifs is 1. The third-order valence-electron chi connectivity index (χ3n) is 5.14. The monoisotopic (exact) mass is 457 g/mol. The largest absolute Gasteiger partial charge is 0.478 e. The van der Waals surface area contributed by atoms with Crippen LogP contribution in [-0.2, 0) is 16.1 Å². The molecule has 1 aromatic carbocycles. The Morgan fingerprint density at radius 3 is 2.52 bits per heavy atom. The van der Waals surface area contributed by atoms with Crippen molar-refractivity contribution in [3.8, 4) is 11.1 Å². The predicted molar refractivity (Wildman–Crippen MR) is 116 cm³/mol. The van der Waals surface area contributed by atoms with Gasteiger partial charge in [0, 0.05) is 17.9 Å². The van der Waals surface area contributed by atoms with Crippen LogP contribution in [0.25, 0.3) is 11.1 Å². The fraction of sp³-hybridized carbons (Fsp3) is 0.182. The smallest absolute Gasteiger partial charge is 0.352 e. The molecule has 158 valence electrons. The van der Waals surface area contributed by atoms with Crippen LogP contribution in [0, 0.1) is 0 Å². The summed E-state index contributed by atoms with van der Waals surface area (Å²) < 4.78 is 1.92. The number of rotatable bonds is 6. The zero-order chi connectivity index (χ0) is 22.1. The first-order valence-corrected chi connectivity index (χ1v) is 10.9. The van der Waals surface area contributed by atoms with Gasteiger partial charge in [-0.05, 0) is 34.9 Å². The minimum atomic E-state index is -1.08. The molecule has 0 bridgehead atoms. The van der Waals surface area contributed by atoms with Crippen LogP contribution >= 0.6 is 23.4 Å². The Morgan fingerprint density at radius 1 is 1.16 bits per heavy atom. The Kier molecular flexibility index (Phi) is 5.84. The highest BCUT2D eigenvalue weighted by Gasteiger charge is 2.44. The molecule has 2 aliphatic heterocycles. The van der Waals surface area contributed by atoms with Crippen LogP contribution in [0.15, 0.2) is 66.1 Å². The third kappa shape index (κ3) is 4.22. The van der Waals surface area contributed by atoms with E-state index in [2.05, 4.69) is 0 Å². The van der Waals surface area contributed by atoms with Crippen molar-refractivity contribution in [2.24, 2.45) is 0 Å². The maximum Gasteiger partial charge on any atom is 0.352 e. The molecule has 2 N–H and O–H groups in total. The fourth-order valence-corrected chi connectivity index (χ4v) is 5.02. The highest BCUT2D eigenvalue weighted by Crippen LogP contribution is 2.40. The number of hydrogen-bond acceptors (Lipinski definition) is 4. The molecule has 2 aromatic rings. The molecule has 1 atom stereocenters. The van der Waals surface area contributed by atoms with Crippen LogP contribution in [0.3, 0.4) is 0 Å². The normalized spacial score (nSPS) is 18.2. The van der Waals surface area contributed by atoms with Gasteiger partial charge in [0.15, 0.2) is 18.9 Å². The second kappa shape index (κ2) is 8.56. The number of aliphatic carboxylic acids is 1. The number of hydrogen-bond donors (Lipinski definition) is 2. The zero-order valence-corrected chi connectivity index (χ0v) is 17.8. The Labute approximate surface area is 187 Å². The molecule has 9 heteroatoms. The van der Waals surface area contributed by atoms with E-state index >= 15 is 0 Å². The van der Waals surface area contributed by atoms with Crippen molar-refractivity contribution in [1.82, 2.24) is 4.90 Å². The number of benzene rings is 1. The van der Waals surface area contributed by atoms with Crippen molar-refractivity contribution in [3.63, 3.8) is 0 Å². The molecule has 1 fully saturated rings. The summed E-state index contributed by atoms with van der Waals surface area (Å²) in [5.74, 6) is -1.74. The average molecular weight is 458 g/mol. The summed E-state index contributed by atoms with van der Waals surface area (Å²) >= 11 is 7.62. The second-order valence-corrected chi connectivity index (χ2v) is 8.67. The van der Waals surface area contributed by atoms with Crippen molar-refractivity contribution < 1.29 is 29.2 Å². The van der Waals surface area contributed by atoms with E-state index in [4.69, 9.17) is 16.7 Å². The van der Waals surface area contributed by atoms with Crippen LogP contribution in [0.5, 0.6) is 0 Å². The van der Waals surface area contributed by atoms with E-state index in [-0.39, 0.29) is 27.6 Å². The highest BCUT2D eigenvalue weighted by molar-refractivity contribution is 8.00. The molecule has 1 amide bonds. The molecule has 3 heterocycles. The number of nitrogens with zero attached hydrogens (tertiary/aromatic N) is 2. The number of β-lactam (4-membered cyclic amide) rings is 1. The molecule has 0 unspecified atom stereocenters. The number of aromatic nitrogens is 1. The van der Waals surface area contributed by atoms with E-state index in [0.29, 0.717) is 24.3 Å². The molecule has 0 saturated carbocycles. The van der Waals surface area contributed by atoms with Crippen molar-refractivity contribution in [3.05, 3.63) is 76.7 Å². The maximum atomic E-state index is 11.8. The fourth-order valence-electron chi connectivity index (χ4n) is 3.52. The van der Waals surface area contributed by atoms with Gasteiger partial charge in [0.25, 0.3) is 0 Å². The second-order valence-electron chi connectivity index (χ2n) is 7.10. The zero-order valence-electron chi connectivity index (χ0n) is 16.2. The molecule has 31 heavy (non-hydrogen) atoms. The summed E-state index contributed by atoms with van der Waals surface area (Å²) in [6.07, 6.45) is 7.77. The van der Waals surface area contributed by atoms with E-state index in [1.807, 2.05) is 35.2 Å². The minimum Gasteiger partial charge on any atom is -0.478 e. The van der Waals surface area contributed by atoms with Crippen molar-refractivity contribution in [2.75, 3.05) is 5.75 Å². The third-order valence-corrected chi connectivity index (χ3v) is 6.70. The van der Waals surface area contributed by atoms with Crippen molar-refractivity contribution in [2.45, 2.75) is 18.3 Å². The Balaban J connectivity index is 1.47. The lowest BCUT2D eigenvalue weighted by atomic mass is 10.1. The van der Waals surface area contributed by atoms with Crippen molar-refractivity contribution in [1.29, 1.82) is 0 Å². The van der Waals surface area contributed by atoms with Crippen LogP contribution in [0.2, 0.25) is 5.02 Å².